The summed E-state index contributed by atoms with van der Waals surface area (Å²) in [7, 11) is 0. The summed E-state index contributed by atoms with van der Waals surface area (Å²) >= 11 is 0. The fourth-order valence-corrected chi connectivity index (χ4v) is 3.87. The van der Waals surface area contributed by atoms with E-state index in [1.165, 1.54) is 16.7 Å². The second kappa shape index (κ2) is 5.82. The largest absolute Gasteiger partial charge is 0.490 e. The van der Waals surface area contributed by atoms with Crippen LogP contribution in [-0.2, 0) is 16.9 Å². The topological polar surface area (TPSA) is 25.4 Å². The highest BCUT2D eigenvalue weighted by atomic mass is 16.5. The van der Waals surface area contributed by atoms with E-state index in [1.807, 2.05) is 18.5 Å². The maximum atomic E-state index is 6.17. The number of nitrogens with zero attached hydrogens (tertiary/aromatic N) is 2. The lowest BCUT2D eigenvalue weighted by Gasteiger charge is -2.43. The van der Waals surface area contributed by atoms with Gasteiger partial charge in [-0.2, -0.15) is 0 Å². The zero-order chi connectivity index (χ0) is 15.7. The molecule has 0 aliphatic carbocycles. The Hall–Kier alpha value is -2.13. The minimum Gasteiger partial charge on any atom is -0.490 e. The number of rotatable bonds is 2. The molecule has 23 heavy (non-hydrogen) atoms. The Bertz CT molecular complexity index is 716. The lowest BCUT2D eigenvalue weighted by molar-refractivity contribution is -0.0422. The Morgan fingerprint density at radius 1 is 1.13 bits per heavy atom. The SMILES string of the molecule is Cc1ccnc2c1C1(CCN(Cc3ccccc3)CC1)OC=C2. The summed E-state index contributed by atoms with van der Waals surface area (Å²) in [5, 5.41) is 0. The Balaban J connectivity index is 1.53. The third-order valence-electron chi connectivity index (χ3n) is 5.08. The normalized spacial score (nSPS) is 19.3. The zero-order valence-corrected chi connectivity index (χ0v) is 13.5. The van der Waals surface area contributed by atoms with E-state index in [1.54, 1.807) is 0 Å². The van der Waals surface area contributed by atoms with Gasteiger partial charge in [0.2, 0.25) is 0 Å². The van der Waals surface area contributed by atoms with Gasteiger partial charge in [0.05, 0.1) is 12.0 Å². The van der Waals surface area contributed by atoms with Crippen LogP contribution < -0.4 is 0 Å². The van der Waals surface area contributed by atoms with Crippen LogP contribution in [0, 0.1) is 6.92 Å². The monoisotopic (exact) mass is 306 g/mol. The third-order valence-corrected chi connectivity index (χ3v) is 5.08. The van der Waals surface area contributed by atoms with Crippen LogP contribution in [0.5, 0.6) is 0 Å². The molecule has 0 saturated carbocycles. The van der Waals surface area contributed by atoms with Crippen molar-refractivity contribution in [2.75, 3.05) is 13.1 Å². The number of aryl methyl sites for hydroxylation is 1. The molecular formula is C20H22N2O. The van der Waals surface area contributed by atoms with Gasteiger partial charge >= 0.3 is 0 Å². The molecule has 0 bridgehead atoms. The molecule has 118 valence electrons. The fourth-order valence-electron chi connectivity index (χ4n) is 3.87. The molecule has 3 heteroatoms. The summed E-state index contributed by atoms with van der Waals surface area (Å²) < 4.78 is 6.17. The number of hydrogen-bond acceptors (Lipinski definition) is 3. The van der Waals surface area contributed by atoms with Crippen molar-refractivity contribution in [3.8, 4) is 0 Å². The van der Waals surface area contributed by atoms with E-state index in [0.717, 1.165) is 38.2 Å². The van der Waals surface area contributed by atoms with E-state index in [4.69, 9.17) is 4.74 Å². The summed E-state index contributed by atoms with van der Waals surface area (Å²) in [6.45, 7) is 5.29. The van der Waals surface area contributed by atoms with Crippen LogP contribution in [0.3, 0.4) is 0 Å². The highest BCUT2D eigenvalue weighted by Crippen LogP contribution is 2.42. The third kappa shape index (κ3) is 2.66. The van der Waals surface area contributed by atoms with Crippen LogP contribution in [0.25, 0.3) is 6.08 Å². The van der Waals surface area contributed by atoms with Crippen LogP contribution in [0.4, 0.5) is 0 Å². The molecule has 1 fully saturated rings. The average Bonchev–Trinajstić information content (AvgIpc) is 2.58. The van der Waals surface area contributed by atoms with Crippen LogP contribution in [0.2, 0.25) is 0 Å². The lowest BCUT2D eigenvalue weighted by atomic mass is 9.80. The van der Waals surface area contributed by atoms with Crippen LogP contribution >= 0.6 is 0 Å². The van der Waals surface area contributed by atoms with Crippen molar-refractivity contribution >= 4 is 6.08 Å². The Labute approximate surface area is 137 Å². The zero-order valence-electron chi connectivity index (χ0n) is 13.5. The molecule has 2 aromatic rings. The Morgan fingerprint density at radius 3 is 2.70 bits per heavy atom. The van der Waals surface area contributed by atoms with Crippen molar-refractivity contribution in [3.63, 3.8) is 0 Å². The van der Waals surface area contributed by atoms with E-state index in [9.17, 15) is 0 Å². The second-order valence-corrected chi connectivity index (χ2v) is 6.56. The first-order chi connectivity index (χ1) is 11.3. The van der Waals surface area contributed by atoms with E-state index >= 15 is 0 Å². The molecule has 0 atom stereocenters. The minimum atomic E-state index is -0.185. The maximum absolute atomic E-state index is 6.17. The smallest absolute Gasteiger partial charge is 0.138 e. The number of ether oxygens (including phenoxy) is 1. The van der Waals surface area contributed by atoms with E-state index in [-0.39, 0.29) is 5.60 Å². The molecule has 1 spiro atoms. The molecule has 2 aliphatic rings. The fraction of sp³-hybridized carbons (Fsp3) is 0.350. The first kappa shape index (κ1) is 14.5. The molecule has 1 aromatic carbocycles. The van der Waals surface area contributed by atoms with Gasteiger partial charge in [-0.3, -0.25) is 9.88 Å². The van der Waals surface area contributed by atoms with Crippen molar-refractivity contribution < 1.29 is 4.74 Å². The number of fused-ring (bicyclic) bond motifs is 2. The van der Waals surface area contributed by atoms with E-state index in [2.05, 4.69) is 53.2 Å². The minimum absolute atomic E-state index is 0.185. The van der Waals surface area contributed by atoms with Gasteiger partial charge in [0.1, 0.15) is 5.60 Å². The number of benzene rings is 1. The number of likely N-dealkylation sites (tertiary alicyclic amines) is 1. The van der Waals surface area contributed by atoms with Crippen molar-refractivity contribution in [2.24, 2.45) is 0 Å². The van der Waals surface area contributed by atoms with Gasteiger partial charge in [0, 0.05) is 44.2 Å². The van der Waals surface area contributed by atoms with Gasteiger partial charge < -0.3 is 4.74 Å². The molecule has 4 rings (SSSR count). The first-order valence-corrected chi connectivity index (χ1v) is 8.34. The quantitative estimate of drug-likeness (QED) is 0.842. The summed E-state index contributed by atoms with van der Waals surface area (Å²) in [5.74, 6) is 0. The van der Waals surface area contributed by atoms with Gasteiger partial charge in [-0.1, -0.05) is 30.3 Å². The number of pyridine rings is 1. The molecule has 0 unspecified atom stereocenters. The highest BCUT2D eigenvalue weighted by Gasteiger charge is 2.41. The summed E-state index contributed by atoms with van der Waals surface area (Å²) in [6, 6.07) is 12.8. The average molecular weight is 306 g/mol. The number of piperidine rings is 1. The van der Waals surface area contributed by atoms with Crippen LogP contribution in [-0.4, -0.2) is 23.0 Å². The highest BCUT2D eigenvalue weighted by molar-refractivity contribution is 5.55. The summed E-state index contributed by atoms with van der Waals surface area (Å²) in [4.78, 5) is 7.06. The van der Waals surface area contributed by atoms with Gasteiger partial charge in [0.15, 0.2) is 0 Å². The molecule has 0 amide bonds. The molecule has 3 heterocycles. The second-order valence-electron chi connectivity index (χ2n) is 6.56. The molecule has 1 aromatic heterocycles. The number of hydrogen-bond donors (Lipinski definition) is 0. The van der Waals surface area contributed by atoms with E-state index in [0.29, 0.717) is 0 Å². The maximum Gasteiger partial charge on any atom is 0.138 e. The van der Waals surface area contributed by atoms with Gasteiger partial charge in [0.25, 0.3) is 0 Å². The van der Waals surface area contributed by atoms with Crippen molar-refractivity contribution in [3.05, 3.63) is 71.2 Å². The predicted molar refractivity (Wildman–Crippen MR) is 91.7 cm³/mol. The summed E-state index contributed by atoms with van der Waals surface area (Å²) in [5.41, 5.74) is 4.85. The molecule has 1 saturated heterocycles. The summed E-state index contributed by atoms with van der Waals surface area (Å²) in [6.07, 6.45) is 7.75. The van der Waals surface area contributed by atoms with E-state index < -0.39 is 0 Å². The Morgan fingerprint density at radius 2 is 1.91 bits per heavy atom. The van der Waals surface area contributed by atoms with Gasteiger partial charge in [-0.25, -0.2) is 0 Å². The van der Waals surface area contributed by atoms with Crippen molar-refractivity contribution in [2.45, 2.75) is 31.9 Å². The molecular weight excluding hydrogens is 284 g/mol. The first-order valence-electron chi connectivity index (χ1n) is 8.34. The molecule has 2 aliphatic heterocycles. The van der Waals surface area contributed by atoms with Crippen molar-refractivity contribution in [1.29, 1.82) is 0 Å². The molecule has 0 N–H and O–H groups in total. The van der Waals surface area contributed by atoms with Gasteiger partial charge in [-0.15, -0.1) is 0 Å². The number of aromatic nitrogens is 1. The standard InChI is InChI=1S/C20H22N2O/c1-16-7-11-21-18-8-14-23-20(19(16)18)9-12-22(13-10-20)15-17-5-3-2-4-6-17/h2-8,11,14H,9-10,12-13,15H2,1H3. The Kier molecular flexibility index (Phi) is 3.66. The van der Waals surface area contributed by atoms with Crippen molar-refractivity contribution in [1.82, 2.24) is 9.88 Å². The van der Waals surface area contributed by atoms with Crippen LogP contribution in [0.1, 0.15) is 35.2 Å². The molecule has 0 radical (unpaired) electrons. The predicted octanol–water partition coefficient (Wildman–Crippen LogP) is 3.88. The van der Waals surface area contributed by atoms with Gasteiger partial charge in [-0.05, 0) is 30.2 Å². The molecule has 3 nitrogen and oxygen atoms in total. The van der Waals surface area contributed by atoms with Crippen LogP contribution in [0.15, 0.2) is 48.9 Å². The lowest BCUT2D eigenvalue weighted by Crippen LogP contribution is -2.44.